The fourth-order valence-electron chi connectivity index (χ4n) is 2.54. The molecule has 2 aromatic rings. The lowest BCUT2D eigenvalue weighted by atomic mass is 9.93. The molecule has 0 radical (unpaired) electrons. The topological polar surface area (TPSA) is 30.2 Å². The molecule has 20 heavy (non-hydrogen) atoms. The van der Waals surface area contributed by atoms with Gasteiger partial charge in [-0.2, -0.15) is 0 Å². The second-order valence-corrected chi connectivity index (χ2v) is 5.52. The molecule has 100 valence electrons. The molecule has 0 saturated carbocycles. The average Bonchev–Trinajstić information content (AvgIpc) is 2.42. The van der Waals surface area contributed by atoms with Crippen LogP contribution < -0.4 is 5.63 Å². The molecule has 1 aromatic heterocycles. The van der Waals surface area contributed by atoms with E-state index < -0.39 is 0 Å². The van der Waals surface area contributed by atoms with Gasteiger partial charge in [-0.1, -0.05) is 42.1 Å². The molecule has 3 rings (SSSR count). The van der Waals surface area contributed by atoms with Gasteiger partial charge < -0.3 is 4.42 Å². The molecule has 0 saturated heterocycles. The largest absolute Gasteiger partial charge is 0.422 e. The van der Waals surface area contributed by atoms with Gasteiger partial charge in [0.15, 0.2) is 0 Å². The lowest BCUT2D eigenvalue weighted by Crippen LogP contribution is -2.14. The second-order valence-electron chi connectivity index (χ2n) is 5.02. The van der Waals surface area contributed by atoms with Crippen molar-refractivity contribution >= 4 is 33.6 Å². The molecule has 0 aliphatic heterocycles. The van der Waals surface area contributed by atoms with Crippen molar-refractivity contribution in [3.05, 3.63) is 63.5 Å². The monoisotopic (exact) mass is 282 g/mol. The summed E-state index contributed by atoms with van der Waals surface area (Å²) in [6.45, 7) is 3.98. The molecule has 0 unspecified atom stereocenters. The predicted molar refractivity (Wildman–Crippen MR) is 86.3 cm³/mol. The Bertz CT molecular complexity index is 838. The molecule has 1 aliphatic carbocycles. The minimum absolute atomic E-state index is 0.317. The van der Waals surface area contributed by atoms with Gasteiger partial charge in [0.2, 0.25) is 0 Å². The number of rotatable bonds is 1. The van der Waals surface area contributed by atoms with Crippen LogP contribution in [0.1, 0.15) is 23.1 Å². The van der Waals surface area contributed by atoms with E-state index in [0.717, 1.165) is 27.0 Å². The van der Waals surface area contributed by atoms with Gasteiger partial charge in [-0.3, -0.25) is 0 Å². The van der Waals surface area contributed by atoms with Crippen molar-refractivity contribution in [3.63, 3.8) is 0 Å². The predicted octanol–water partition coefficient (Wildman–Crippen LogP) is 4.12. The first-order chi connectivity index (χ1) is 9.58. The molecule has 0 bridgehead atoms. The highest BCUT2D eigenvalue weighted by atomic mass is 32.1. The Hall–Kier alpha value is -2.00. The second kappa shape index (κ2) is 4.84. The Kier molecular flexibility index (Phi) is 3.14. The van der Waals surface area contributed by atoms with Crippen molar-refractivity contribution in [2.75, 3.05) is 0 Å². The highest BCUT2D eigenvalue weighted by Crippen LogP contribution is 2.27. The summed E-state index contributed by atoms with van der Waals surface area (Å²) in [5.41, 5.74) is 3.79. The third-order valence-corrected chi connectivity index (χ3v) is 3.98. The lowest BCUT2D eigenvalue weighted by Gasteiger charge is -2.13. The molecule has 0 amide bonds. The van der Waals surface area contributed by atoms with E-state index in [2.05, 4.69) is 0 Å². The minimum atomic E-state index is -0.317. The number of aryl methyl sites for hydroxylation is 2. The smallest absolute Gasteiger partial charge is 0.344 e. The van der Waals surface area contributed by atoms with Crippen LogP contribution in [0.15, 0.2) is 45.6 Å². The number of hydrogen-bond donors (Lipinski definition) is 0. The van der Waals surface area contributed by atoms with E-state index >= 15 is 0 Å². The molecular weight excluding hydrogens is 268 g/mol. The highest BCUT2D eigenvalue weighted by molar-refractivity contribution is 7.81. The molecule has 1 aromatic carbocycles. The molecule has 3 heteroatoms. The van der Waals surface area contributed by atoms with Crippen molar-refractivity contribution in [2.24, 2.45) is 0 Å². The van der Waals surface area contributed by atoms with E-state index in [1.807, 2.05) is 50.3 Å². The van der Waals surface area contributed by atoms with E-state index in [0.29, 0.717) is 17.6 Å². The van der Waals surface area contributed by atoms with Crippen LogP contribution in [0, 0.1) is 13.8 Å². The van der Waals surface area contributed by atoms with Crippen LogP contribution in [0.3, 0.4) is 0 Å². The van der Waals surface area contributed by atoms with Crippen molar-refractivity contribution in [1.29, 1.82) is 0 Å². The first-order valence-electron chi connectivity index (χ1n) is 6.52. The van der Waals surface area contributed by atoms with Gasteiger partial charge in [-0.25, -0.2) is 4.79 Å². The Balaban J connectivity index is 2.36. The molecule has 0 atom stereocenters. The summed E-state index contributed by atoms with van der Waals surface area (Å²) in [5, 5.41) is 0.970. The zero-order valence-corrected chi connectivity index (χ0v) is 12.2. The third kappa shape index (κ3) is 2.04. The maximum atomic E-state index is 12.3. The van der Waals surface area contributed by atoms with Gasteiger partial charge in [0.25, 0.3) is 0 Å². The summed E-state index contributed by atoms with van der Waals surface area (Å²) in [6.07, 6.45) is 6.52. The van der Waals surface area contributed by atoms with Gasteiger partial charge in [0, 0.05) is 22.2 Å². The number of hydrogen-bond acceptors (Lipinski definition) is 3. The van der Waals surface area contributed by atoms with Crippen LogP contribution in [-0.4, -0.2) is 4.86 Å². The van der Waals surface area contributed by atoms with Crippen LogP contribution in [0.25, 0.3) is 16.5 Å². The third-order valence-electron chi connectivity index (χ3n) is 3.59. The Morgan fingerprint density at radius 2 is 2.05 bits per heavy atom. The maximum Gasteiger partial charge on any atom is 0.344 e. The molecule has 1 heterocycles. The fraction of sp³-hybridized carbons (Fsp3) is 0.176. The van der Waals surface area contributed by atoms with E-state index in [-0.39, 0.29) is 5.63 Å². The summed E-state index contributed by atoms with van der Waals surface area (Å²) in [4.78, 5) is 13.1. The van der Waals surface area contributed by atoms with Crippen LogP contribution in [-0.2, 0) is 0 Å². The van der Waals surface area contributed by atoms with Crippen LogP contribution in [0.4, 0.5) is 0 Å². The van der Waals surface area contributed by atoms with E-state index in [9.17, 15) is 4.79 Å². The molecule has 0 fully saturated rings. The minimum Gasteiger partial charge on any atom is -0.422 e. The molecule has 0 N–H and O–H groups in total. The Morgan fingerprint density at radius 3 is 2.80 bits per heavy atom. The van der Waals surface area contributed by atoms with Gasteiger partial charge in [0.1, 0.15) is 5.58 Å². The average molecular weight is 282 g/mol. The van der Waals surface area contributed by atoms with Gasteiger partial charge in [0.05, 0.1) is 5.56 Å². The van der Waals surface area contributed by atoms with Crippen molar-refractivity contribution < 1.29 is 4.42 Å². The summed E-state index contributed by atoms with van der Waals surface area (Å²) >= 11 is 5.38. The Morgan fingerprint density at radius 1 is 1.25 bits per heavy atom. The summed E-state index contributed by atoms with van der Waals surface area (Å²) in [7, 11) is 0. The van der Waals surface area contributed by atoms with Gasteiger partial charge >= 0.3 is 5.63 Å². The van der Waals surface area contributed by atoms with Crippen molar-refractivity contribution in [2.45, 2.75) is 20.3 Å². The van der Waals surface area contributed by atoms with Crippen LogP contribution >= 0.6 is 12.2 Å². The standard InChI is InChI=1S/C17H14O2S/c1-10-7-8-14-13(9-10)11(2)16(17(18)19-14)12-5-3-4-6-15(12)20/h3-5,7-9H,6H2,1-2H3. The normalized spacial score (nSPS) is 14.7. The number of thiocarbonyl (C=S) groups is 1. The highest BCUT2D eigenvalue weighted by Gasteiger charge is 2.18. The number of fused-ring (bicyclic) bond motifs is 1. The van der Waals surface area contributed by atoms with Crippen molar-refractivity contribution in [1.82, 2.24) is 0 Å². The first kappa shape index (κ1) is 13.0. The fourth-order valence-corrected chi connectivity index (χ4v) is 2.81. The van der Waals surface area contributed by atoms with Crippen LogP contribution in [0.2, 0.25) is 0 Å². The SMILES string of the molecule is Cc1ccc2oc(=O)c(C3=CC=CCC3=S)c(C)c2c1. The zero-order valence-electron chi connectivity index (χ0n) is 11.4. The quantitative estimate of drug-likeness (QED) is 0.582. The first-order valence-corrected chi connectivity index (χ1v) is 6.93. The molecule has 1 aliphatic rings. The molecule has 2 nitrogen and oxygen atoms in total. The van der Waals surface area contributed by atoms with Crippen LogP contribution in [0.5, 0.6) is 0 Å². The Labute approximate surface area is 122 Å². The van der Waals surface area contributed by atoms with E-state index in [4.69, 9.17) is 16.6 Å². The molecular formula is C17H14O2S. The van der Waals surface area contributed by atoms with Gasteiger partial charge in [-0.15, -0.1) is 0 Å². The number of allylic oxidation sites excluding steroid dienone is 4. The number of benzene rings is 1. The molecule has 0 spiro atoms. The lowest BCUT2D eigenvalue weighted by molar-refractivity contribution is 0.557. The summed E-state index contributed by atoms with van der Waals surface area (Å²) < 4.78 is 5.45. The van der Waals surface area contributed by atoms with Gasteiger partial charge in [-0.05, 0) is 31.5 Å². The van der Waals surface area contributed by atoms with Crippen molar-refractivity contribution in [3.8, 4) is 0 Å². The van der Waals surface area contributed by atoms with E-state index in [1.54, 1.807) is 0 Å². The summed E-state index contributed by atoms with van der Waals surface area (Å²) in [6, 6.07) is 5.83. The van der Waals surface area contributed by atoms with E-state index in [1.165, 1.54) is 0 Å². The summed E-state index contributed by atoms with van der Waals surface area (Å²) in [5.74, 6) is 0. The zero-order chi connectivity index (χ0) is 14.3. The maximum absolute atomic E-state index is 12.3.